The smallest absolute Gasteiger partial charge is 0.323 e. The number of benzene rings is 2. The fraction of sp³-hybridized carbons (Fsp3) is 0.381. The van der Waals surface area contributed by atoms with Crippen LogP contribution in [0.3, 0.4) is 0 Å². The summed E-state index contributed by atoms with van der Waals surface area (Å²) >= 11 is 1.66. The van der Waals surface area contributed by atoms with Gasteiger partial charge in [0.1, 0.15) is 11.1 Å². The minimum atomic E-state index is -0.222. The summed E-state index contributed by atoms with van der Waals surface area (Å²) in [4.78, 5) is 14.8. The Balaban J connectivity index is 1.86. The van der Waals surface area contributed by atoms with Crippen molar-refractivity contribution in [2.45, 2.75) is 5.37 Å². The van der Waals surface area contributed by atoms with Crippen LogP contribution < -0.4 is 29.0 Å². The molecule has 1 unspecified atom stereocenters. The van der Waals surface area contributed by atoms with Crippen molar-refractivity contribution in [1.29, 1.82) is 0 Å². The van der Waals surface area contributed by atoms with Gasteiger partial charge in [-0.25, -0.2) is 4.79 Å². The van der Waals surface area contributed by atoms with Gasteiger partial charge in [0, 0.05) is 35.7 Å². The molecule has 0 spiro atoms. The van der Waals surface area contributed by atoms with Gasteiger partial charge in [-0.05, 0) is 18.2 Å². The third-order valence-electron chi connectivity index (χ3n) is 4.79. The van der Waals surface area contributed by atoms with Crippen LogP contribution in [0, 0.1) is 0 Å². The SMILES string of the molecule is COc1ccc(NC(=O)N2CCSC2c2cc(OC)c(OC)cc2OC)cc1OC. The lowest BCUT2D eigenvalue weighted by Gasteiger charge is -2.26. The van der Waals surface area contributed by atoms with Crippen LogP contribution >= 0.6 is 11.8 Å². The summed E-state index contributed by atoms with van der Waals surface area (Å²) in [6, 6.07) is 8.67. The molecule has 3 rings (SSSR count). The third-order valence-corrected chi connectivity index (χ3v) is 6.03. The Kier molecular flexibility index (Phi) is 7.04. The van der Waals surface area contributed by atoms with Crippen LogP contribution in [-0.2, 0) is 0 Å². The summed E-state index contributed by atoms with van der Waals surface area (Å²) in [6.45, 7) is 0.603. The molecule has 0 saturated carbocycles. The van der Waals surface area contributed by atoms with Crippen molar-refractivity contribution in [2.24, 2.45) is 0 Å². The molecule has 1 aliphatic heterocycles. The number of methoxy groups -OCH3 is 5. The lowest BCUT2D eigenvalue weighted by atomic mass is 10.1. The average Bonchev–Trinajstić information content (AvgIpc) is 3.27. The highest BCUT2D eigenvalue weighted by molar-refractivity contribution is 7.99. The molecule has 0 radical (unpaired) electrons. The first kappa shape index (κ1) is 21.8. The monoisotopic (exact) mass is 434 g/mol. The molecule has 0 aromatic heterocycles. The van der Waals surface area contributed by atoms with Gasteiger partial charge in [-0.1, -0.05) is 0 Å². The predicted molar refractivity (Wildman–Crippen MR) is 117 cm³/mol. The maximum atomic E-state index is 13.1. The van der Waals surface area contributed by atoms with E-state index >= 15 is 0 Å². The van der Waals surface area contributed by atoms with Crippen LogP contribution in [0.1, 0.15) is 10.9 Å². The van der Waals surface area contributed by atoms with Gasteiger partial charge in [-0.3, -0.25) is 0 Å². The third kappa shape index (κ3) is 4.30. The van der Waals surface area contributed by atoms with E-state index in [1.807, 2.05) is 6.07 Å². The molecular formula is C21H26N2O6S. The van der Waals surface area contributed by atoms with E-state index in [1.165, 1.54) is 0 Å². The van der Waals surface area contributed by atoms with Gasteiger partial charge in [0.05, 0.1) is 35.5 Å². The minimum Gasteiger partial charge on any atom is -0.496 e. The molecule has 0 bridgehead atoms. The van der Waals surface area contributed by atoms with E-state index in [4.69, 9.17) is 23.7 Å². The van der Waals surface area contributed by atoms with Crippen molar-refractivity contribution in [1.82, 2.24) is 4.90 Å². The maximum absolute atomic E-state index is 13.1. The molecule has 2 aromatic rings. The summed E-state index contributed by atoms with van der Waals surface area (Å²) < 4.78 is 26.9. The topological polar surface area (TPSA) is 78.5 Å². The van der Waals surface area contributed by atoms with Gasteiger partial charge in [-0.2, -0.15) is 0 Å². The molecule has 1 fully saturated rings. The quantitative estimate of drug-likeness (QED) is 0.705. The molecule has 1 N–H and O–H groups in total. The van der Waals surface area contributed by atoms with Crippen LogP contribution in [0.25, 0.3) is 0 Å². The molecule has 2 aromatic carbocycles. The second kappa shape index (κ2) is 9.71. The van der Waals surface area contributed by atoms with E-state index in [2.05, 4.69) is 5.32 Å². The molecule has 0 aliphatic carbocycles. The number of thioether (sulfide) groups is 1. The number of urea groups is 1. The largest absolute Gasteiger partial charge is 0.496 e. The number of carbonyl (C=O) groups is 1. The number of rotatable bonds is 7. The second-order valence-corrected chi connectivity index (χ2v) is 7.55. The van der Waals surface area contributed by atoms with Gasteiger partial charge in [0.25, 0.3) is 0 Å². The van der Waals surface area contributed by atoms with Crippen LogP contribution in [0.4, 0.5) is 10.5 Å². The summed E-state index contributed by atoms with van der Waals surface area (Å²) in [5.74, 6) is 3.74. The predicted octanol–water partition coefficient (Wildman–Crippen LogP) is 4.01. The summed E-state index contributed by atoms with van der Waals surface area (Å²) in [5, 5.41) is 2.72. The highest BCUT2D eigenvalue weighted by atomic mass is 32.2. The fourth-order valence-electron chi connectivity index (χ4n) is 3.29. The van der Waals surface area contributed by atoms with E-state index in [-0.39, 0.29) is 11.4 Å². The zero-order chi connectivity index (χ0) is 21.7. The van der Waals surface area contributed by atoms with Crippen molar-refractivity contribution < 1.29 is 28.5 Å². The van der Waals surface area contributed by atoms with Crippen LogP contribution in [0.15, 0.2) is 30.3 Å². The highest BCUT2D eigenvalue weighted by Crippen LogP contribution is 2.46. The number of anilines is 1. The number of hydrogen-bond acceptors (Lipinski definition) is 7. The van der Waals surface area contributed by atoms with Gasteiger partial charge in [0.15, 0.2) is 23.0 Å². The Labute approximate surface area is 180 Å². The first-order chi connectivity index (χ1) is 14.6. The van der Waals surface area contributed by atoms with Crippen LogP contribution in [-0.4, -0.2) is 58.8 Å². The molecule has 1 atom stereocenters. The van der Waals surface area contributed by atoms with Crippen molar-refractivity contribution in [2.75, 3.05) is 53.2 Å². The van der Waals surface area contributed by atoms with Gasteiger partial charge in [-0.15, -0.1) is 11.8 Å². The molecule has 30 heavy (non-hydrogen) atoms. The van der Waals surface area contributed by atoms with Crippen molar-refractivity contribution in [3.63, 3.8) is 0 Å². The summed E-state index contributed by atoms with van der Waals surface area (Å²) in [6.07, 6.45) is 0. The number of ether oxygens (including phenoxy) is 5. The number of hydrogen-bond donors (Lipinski definition) is 1. The lowest BCUT2D eigenvalue weighted by molar-refractivity contribution is 0.213. The van der Waals surface area contributed by atoms with E-state index in [9.17, 15) is 4.79 Å². The first-order valence-corrected chi connectivity index (χ1v) is 10.3. The Bertz CT molecular complexity index is 907. The summed E-state index contributed by atoms with van der Waals surface area (Å²) in [7, 11) is 7.87. The Morgan fingerprint density at radius 3 is 2.10 bits per heavy atom. The van der Waals surface area contributed by atoms with Crippen LogP contribution in [0.5, 0.6) is 28.7 Å². The highest BCUT2D eigenvalue weighted by Gasteiger charge is 2.34. The number of amides is 2. The first-order valence-electron chi connectivity index (χ1n) is 9.27. The molecule has 9 heteroatoms. The van der Waals surface area contributed by atoms with Crippen LogP contribution in [0.2, 0.25) is 0 Å². The normalized spacial score (nSPS) is 15.5. The molecule has 8 nitrogen and oxygen atoms in total. The minimum absolute atomic E-state index is 0.214. The molecule has 1 saturated heterocycles. The average molecular weight is 435 g/mol. The molecule has 2 amide bonds. The van der Waals surface area contributed by atoms with E-state index in [1.54, 1.807) is 76.5 Å². The lowest BCUT2D eigenvalue weighted by Crippen LogP contribution is -2.34. The fourth-order valence-corrected chi connectivity index (χ4v) is 4.56. The van der Waals surface area contributed by atoms with Crippen molar-refractivity contribution >= 4 is 23.5 Å². The Hall–Kier alpha value is -2.94. The number of nitrogens with one attached hydrogen (secondary N) is 1. The molecular weight excluding hydrogens is 408 g/mol. The van der Waals surface area contributed by atoms with Gasteiger partial charge >= 0.3 is 6.03 Å². The zero-order valence-corrected chi connectivity index (χ0v) is 18.5. The maximum Gasteiger partial charge on any atom is 0.323 e. The van der Waals surface area contributed by atoms with E-state index in [0.717, 1.165) is 11.3 Å². The standard InChI is InChI=1S/C21H26N2O6S/c1-25-15-7-6-13(10-17(15)27-3)22-21(24)23-8-9-30-20(23)14-11-18(28-4)19(29-5)12-16(14)26-2/h6-7,10-12,20H,8-9H2,1-5H3,(H,22,24). The zero-order valence-electron chi connectivity index (χ0n) is 17.7. The van der Waals surface area contributed by atoms with E-state index in [0.29, 0.717) is 41.0 Å². The Morgan fingerprint density at radius 1 is 0.867 bits per heavy atom. The summed E-state index contributed by atoms with van der Waals surface area (Å²) in [5.41, 5.74) is 1.47. The number of carbonyl (C=O) groups excluding carboxylic acids is 1. The molecule has 162 valence electrons. The Morgan fingerprint density at radius 2 is 1.47 bits per heavy atom. The van der Waals surface area contributed by atoms with Crippen molar-refractivity contribution in [3.05, 3.63) is 35.9 Å². The van der Waals surface area contributed by atoms with Crippen molar-refractivity contribution in [3.8, 4) is 28.7 Å². The molecule has 1 aliphatic rings. The number of nitrogens with zero attached hydrogens (tertiary/aromatic N) is 1. The van der Waals surface area contributed by atoms with E-state index < -0.39 is 0 Å². The van der Waals surface area contributed by atoms with Gasteiger partial charge in [0.2, 0.25) is 0 Å². The van der Waals surface area contributed by atoms with Gasteiger partial charge < -0.3 is 33.9 Å². The molecule has 1 heterocycles. The second-order valence-electron chi connectivity index (χ2n) is 6.37.